The summed E-state index contributed by atoms with van der Waals surface area (Å²) < 4.78 is 5.51. The van der Waals surface area contributed by atoms with Gasteiger partial charge in [-0.3, -0.25) is 14.5 Å². The molecule has 1 saturated heterocycles. The van der Waals surface area contributed by atoms with Crippen LogP contribution in [0.3, 0.4) is 0 Å². The number of β-amino-alcohol motifs (C(OH)–C–C–N with tert-alkyl or cyclic N) is 1. The maximum Gasteiger partial charge on any atom is 0.234 e. The highest BCUT2D eigenvalue weighted by molar-refractivity contribution is 5.88. The molecule has 1 aliphatic heterocycles. The molecular weight excluding hydrogens is 286 g/mol. The fourth-order valence-corrected chi connectivity index (χ4v) is 2.23. The maximum atomic E-state index is 11.2. The molecule has 0 radical (unpaired) electrons. The van der Waals surface area contributed by atoms with E-state index >= 15 is 0 Å². The summed E-state index contributed by atoms with van der Waals surface area (Å²) in [6, 6.07) is 6.93. The molecule has 7 heteroatoms. The van der Waals surface area contributed by atoms with E-state index in [9.17, 15) is 14.7 Å². The van der Waals surface area contributed by atoms with Crippen LogP contribution in [0.5, 0.6) is 5.75 Å². The van der Waals surface area contributed by atoms with Gasteiger partial charge < -0.3 is 20.5 Å². The Hall–Kier alpha value is -2.12. The summed E-state index contributed by atoms with van der Waals surface area (Å²) in [5.41, 5.74) is 0.694. The van der Waals surface area contributed by atoms with Gasteiger partial charge in [0.05, 0.1) is 6.54 Å². The molecule has 0 aromatic heterocycles. The van der Waals surface area contributed by atoms with Crippen molar-refractivity contribution in [1.29, 1.82) is 0 Å². The van der Waals surface area contributed by atoms with E-state index in [1.807, 2.05) is 4.90 Å². The Morgan fingerprint density at radius 3 is 2.82 bits per heavy atom. The van der Waals surface area contributed by atoms with Crippen molar-refractivity contribution in [2.45, 2.75) is 13.0 Å². The standard InChI is InChI=1S/C15H21N3O4/c1-11(19)17-12-2-4-14(5-3-12)22-10-13(20)8-18-7-6-16-15(21)9-18/h2-5,13,20H,6-10H2,1H3,(H,16,21)(H,17,19)/t13-/m0/s1. The molecule has 1 atom stereocenters. The summed E-state index contributed by atoms with van der Waals surface area (Å²) in [6.45, 7) is 3.64. The first-order valence-electron chi connectivity index (χ1n) is 7.20. The van der Waals surface area contributed by atoms with Gasteiger partial charge in [-0.25, -0.2) is 0 Å². The fourth-order valence-electron chi connectivity index (χ4n) is 2.23. The number of nitrogens with zero attached hydrogens (tertiary/aromatic N) is 1. The highest BCUT2D eigenvalue weighted by Gasteiger charge is 2.19. The zero-order valence-electron chi connectivity index (χ0n) is 12.5. The zero-order chi connectivity index (χ0) is 15.9. The molecule has 1 fully saturated rings. The van der Waals surface area contributed by atoms with Gasteiger partial charge in [0.2, 0.25) is 11.8 Å². The molecular formula is C15H21N3O4. The number of hydrogen-bond acceptors (Lipinski definition) is 5. The number of ether oxygens (including phenoxy) is 1. The first-order valence-corrected chi connectivity index (χ1v) is 7.20. The molecule has 22 heavy (non-hydrogen) atoms. The van der Waals surface area contributed by atoms with Crippen LogP contribution in [-0.2, 0) is 9.59 Å². The molecule has 0 aliphatic carbocycles. The Balaban J connectivity index is 1.74. The Kier molecular flexibility index (Phi) is 5.74. The summed E-state index contributed by atoms with van der Waals surface area (Å²) in [6.07, 6.45) is -0.666. The van der Waals surface area contributed by atoms with Gasteiger partial charge in [-0.15, -0.1) is 0 Å². The van der Waals surface area contributed by atoms with Crippen LogP contribution in [0.2, 0.25) is 0 Å². The number of carbonyl (C=O) groups is 2. The van der Waals surface area contributed by atoms with E-state index in [0.29, 0.717) is 31.1 Å². The molecule has 120 valence electrons. The highest BCUT2D eigenvalue weighted by Crippen LogP contribution is 2.15. The number of benzene rings is 1. The summed E-state index contributed by atoms with van der Waals surface area (Å²) in [5, 5.41) is 15.4. The third kappa shape index (κ3) is 5.34. The molecule has 1 aliphatic rings. The first kappa shape index (κ1) is 16.3. The second-order valence-electron chi connectivity index (χ2n) is 5.26. The lowest BCUT2D eigenvalue weighted by atomic mass is 10.2. The molecule has 0 bridgehead atoms. The number of anilines is 1. The first-order chi connectivity index (χ1) is 10.5. The van der Waals surface area contributed by atoms with Crippen molar-refractivity contribution in [2.75, 3.05) is 38.1 Å². The van der Waals surface area contributed by atoms with Crippen LogP contribution in [-0.4, -0.2) is 60.7 Å². The van der Waals surface area contributed by atoms with E-state index < -0.39 is 6.10 Å². The van der Waals surface area contributed by atoms with Gasteiger partial charge in [0.25, 0.3) is 0 Å². The number of hydrogen-bond donors (Lipinski definition) is 3. The molecule has 7 nitrogen and oxygen atoms in total. The molecule has 2 amide bonds. The number of nitrogens with one attached hydrogen (secondary N) is 2. The number of amides is 2. The SMILES string of the molecule is CC(=O)Nc1ccc(OC[C@@H](O)CN2CCNC(=O)C2)cc1. The van der Waals surface area contributed by atoms with Crippen molar-refractivity contribution < 1.29 is 19.4 Å². The molecule has 2 rings (SSSR count). The molecule has 1 heterocycles. The van der Waals surface area contributed by atoms with Crippen LogP contribution in [0.4, 0.5) is 5.69 Å². The minimum atomic E-state index is -0.666. The van der Waals surface area contributed by atoms with Crippen LogP contribution in [0.1, 0.15) is 6.92 Å². The van der Waals surface area contributed by atoms with Gasteiger partial charge in [-0.1, -0.05) is 0 Å². The Labute approximate surface area is 129 Å². The van der Waals surface area contributed by atoms with Crippen molar-refractivity contribution >= 4 is 17.5 Å². The minimum absolute atomic E-state index is 0.0204. The van der Waals surface area contributed by atoms with Crippen LogP contribution < -0.4 is 15.4 Å². The number of piperazine rings is 1. The maximum absolute atomic E-state index is 11.2. The normalized spacial score (nSPS) is 16.7. The molecule has 1 aromatic carbocycles. The lowest BCUT2D eigenvalue weighted by Crippen LogP contribution is -2.50. The van der Waals surface area contributed by atoms with E-state index in [0.717, 1.165) is 6.54 Å². The van der Waals surface area contributed by atoms with Gasteiger partial charge in [0.15, 0.2) is 0 Å². The largest absolute Gasteiger partial charge is 0.491 e. The number of rotatable bonds is 6. The average Bonchev–Trinajstić information content (AvgIpc) is 2.46. The summed E-state index contributed by atoms with van der Waals surface area (Å²) in [7, 11) is 0. The van der Waals surface area contributed by atoms with Crippen molar-refractivity contribution in [3.05, 3.63) is 24.3 Å². The third-order valence-electron chi connectivity index (χ3n) is 3.20. The van der Waals surface area contributed by atoms with Gasteiger partial charge in [0, 0.05) is 32.2 Å². The van der Waals surface area contributed by atoms with Crippen molar-refractivity contribution in [3.8, 4) is 5.75 Å². The summed E-state index contributed by atoms with van der Waals surface area (Å²) >= 11 is 0. The molecule has 0 spiro atoms. The van der Waals surface area contributed by atoms with E-state index in [1.54, 1.807) is 24.3 Å². The summed E-state index contributed by atoms with van der Waals surface area (Å²) in [4.78, 5) is 24.1. The molecule has 1 aromatic rings. The lowest BCUT2D eigenvalue weighted by molar-refractivity contribution is -0.124. The Bertz CT molecular complexity index is 518. The van der Waals surface area contributed by atoms with E-state index in [-0.39, 0.29) is 18.4 Å². The molecule has 3 N–H and O–H groups in total. The van der Waals surface area contributed by atoms with Crippen LogP contribution in [0, 0.1) is 0 Å². The van der Waals surface area contributed by atoms with Gasteiger partial charge >= 0.3 is 0 Å². The van der Waals surface area contributed by atoms with Crippen LogP contribution >= 0.6 is 0 Å². The molecule has 0 unspecified atom stereocenters. The van der Waals surface area contributed by atoms with Crippen molar-refractivity contribution in [1.82, 2.24) is 10.2 Å². The number of aliphatic hydroxyl groups excluding tert-OH is 1. The average molecular weight is 307 g/mol. The van der Waals surface area contributed by atoms with E-state index in [4.69, 9.17) is 4.74 Å². The smallest absolute Gasteiger partial charge is 0.234 e. The quantitative estimate of drug-likeness (QED) is 0.678. The van der Waals surface area contributed by atoms with Gasteiger partial charge in [0.1, 0.15) is 18.5 Å². The minimum Gasteiger partial charge on any atom is -0.491 e. The molecule has 0 saturated carbocycles. The second-order valence-corrected chi connectivity index (χ2v) is 5.26. The zero-order valence-corrected chi connectivity index (χ0v) is 12.5. The number of aliphatic hydroxyl groups is 1. The van der Waals surface area contributed by atoms with Crippen LogP contribution in [0.15, 0.2) is 24.3 Å². The Morgan fingerprint density at radius 2 is 2.18 bits per heavy atom. The van der Waals surface area contributed by atoms with E-state index in [1.165, 1.54) is 6.92 Å². The predicted octanol–water partition coefficient (Wildman–Crippen LogP) is -0.183. The van der Waals surface area contributed by atoms with Crippen molar-refractivity contribution in [3.63, 3.8) is 0 Å². The Morgan fingerprint density at radius 1 is 1.45 bits per heavy atom. The van der Waals surface area contributed by atoms with E-state index in [2.05, 4.69) is 10.6 Å². The van der Waals surface area contributed by atoms with Gasteiger partial charge in [-0.05, 0) is 24.3 Å². The summed E-state index contributed by atoms with van der Waals surface area (Å²) in [5.74, 6) is 0.465. The second kappa shape index (κ2) is 7.77. The van der Waals surface area contributed by atoms with Gasteiger partial charge in [-0.2, -0.15) is 0 Å². The van der Waals surface area contributed by atoms with Crippen molar-refractivity contribution in [2.24, 2.45) is 0 Å². The third-order valence-corrected chi connectivity index (χ3v) is 3.20. The number of carbonyl (C=O) groups excluding carboxylic acids is 2. The van der Waals surface area contributed by atoms with Crippen LogP contribution in [0.25, 0.3) is 0 Å². The predicted molar refractivity (Wildman–Crippen MR) is 81.7 cm³/mol. The lowest BCUT2D eigenvalue weighted by Gasteiger charge is -2.28. The highest BCUT2D eigenvalue weighted by atomic mass is 16.5. The fraction of sp³-hybridized carbons (Fsp3) is 0.467. The topological polar surface area (TPSA) is 90.9 Å². The monoisotopic (exact) mass is 307 g/mol.